The molecule has 82 valence electrons. The molecule has 1 aromatic heterocycles. The van der Waals surface area contributed by atoms with Gasteiger partial charge >= 0.3 is 0 Å². The second-order valence-corrected chi connectivity index (χ2v) is 4.47. The quantitative estimate of drug-likeness (QED) is 0.806. The lowest BCUT2D eigenvalue weighted by atomic mass is 10.1. The van der Waals surface area contributed by atoms with E-state index in [1.54, 1.807) is 7.05 Å². The van der Waals surface area contributed by atoms with Crippen molar-refractivity contribution in [3.05, 3.63) is 16.0 Å². The second kappa shape index (κ2) is 4.44. The molecule has 0 unspecified atom stereocenters. The Morgan fingerprint density at radius 1 is 1.27 bits per heavy atom. The molecule has 0 spiro atoms. The Hall–Kier alpha value is -1.36. The maximum Gasteiger partial charge on any atom is 0.254 e. The van der Waals surface area contributed by atoms with Gasteiger partial charge in [0.1, 0.15) is 5.00 Å². The fourth-order valence-corrected chi connectivity index (χ4v) is 2.38. The van der Waals surface area contributed by atoms with E-state index >= 15 is 0 Å². The molecule has 0 atom stereocenters. The average molecular weight is 226 g/mol. The summed E-state index contributed by atoms with van der Waals surface area (Å²) in [5.74, 6) is -0.331. The first-order chi connectivity index (χ1) is 6.97. The van der Waals surface area contributed by atoms with Crippen molar-refractivity contribution in [2.24, 2.45) is 0 Å². The molecule has 2 amide bonds. The summed E-state index contributed by atoms with van der Waals surface area (Å²) in [7, 11) is 1.58. The number of nitrogens with one attached hydrogen (secondary N) is 2. The third kappa shape index (κ3) is 2.36. The van der Waals surface area contributed by atoms with Crippen molar-refractivity contribution in [2.75, 3.05) is 12.4 Å². The summed E-state index contributed by atoms with van der Waals surface area (Å²) in [6.07, 6.45) is 0. The number of thiophene rings is 1. The Balaban J connectivity index is 3.20. The first kappa shape index (κ1) is 11.7. The smallest absolute Gasteiger partial charge is 0.254 e. The topological polar surface area (TPSA) is 58.2 Å². The number of hydrogen-bond donors (Lipinski definition) is 2. The van der Waals surface area contributed by atoms with Crippen LogP contribution in [0.3, 0.4) is 0 Å². The third-order valence-electron chi connectivity index (χ3n) is 2.13. The monoisotopic (exact) mass is 226 g/mol. The first-order valence-electron chi connectivity index (χ1n) is 4.57. The maximum atomic E-state index is 11.6. The maximum absolute atomic E-state index is 11.6. The number of carbonyl (C=O) groups excluding carboxylic acids is 2. The van der Waals surface area contributed by atoms with Crippen LogP contribution in [0.4, 0.5) is 5.00 Å². The van der Waals surface area contributed by atoms with Crippen LogP contribution in [0.25, 0.3) is 0 Å². The molecule has 5 heteroatoms. The van der Waals surface area contributed by atoms with E-state index < -0.39 is 0 Å². The van der Waals surface area contributed by atoms with Gasteiger partial charge in [-0.15, -0.1) is 11.3 Å². The normalized spacial score (nSPS) is 9.87. The van der Waals surface area contributed by atoms with Crippen LogP contribution in [0.2, 0.25) is 0 Å². The predicted molar refractivity (Wildman–Crippen MR) is 61.5 cm³/mol. The van der Waals surface area contributed by atoms with Crippen molar-refractivity contribution in [3.63, 3.8) is 0 Å². The van der Waals surface area contributed by atoms with Gasteiger partial charge in [-0.2, -0.15) is 0 Å². The van der Waals surface area contributed by atoms with E-state index in [2.05, 4.69) is 10.6 Å². The van der Waals surface area contributed by atoms with Crippen LogP contribution in [0.1, 0.15) is 27.7 Å². The molecule has 0 radical (unpaired) electrons. The minimum Gasteiger partial charge on any atom is -0.355 e. The molecule has 0 aliphatic rings. The van der Waals surface area contributed by atoms with Crippen molar-refractivity contribution in [1.29, 1.82) is 0 Å². The van der Waals surface area contributed by atoms with Crippen molar-refractivity contribution >= 4 is 28.2 Å². The lowest BCUT2D eigenvalue weighted by Gasteiger charge is -2.03. The van der Waals surface area contributed by atoms with Gasteiger partial charge in [0.2, 0.25) is 5.91 Å². The lowest BCUT2D eigenvalue weighted by Crippen LogP contribution is -2.20. The highest BCUT2D eigenvalue weighted by Gasteiger charge is 2.18. The molecule has 0 aliphatic carbocycles. The Morgan fingerprint density at radius 2 is 1.87 bits per heavy atom. The zero-order valence-electron chi connectivity index (χ0n) is 9.22. The Kier molecular flexibility index (Phi) is 3.47. The lowest BCUT2D eigenvalue weighted by molar-refractivity contribution is -0.114. The molecular weight excluding hydrogens is 212 g/mol. The number of aryl methyl sites for hydroxylation is 1. The standard InChI is InChI=1S/C10H14N2O2S/c1-5-6(2)15-10(12-7(3)13)8(5)9(14)11-4/h1-4H3,(H,11,14)(H,12,13). The Labute approximate surface area is 92.7 Å². The van der Waals surface area contributed by atoms with Crippen LogP contribution in [0.15, 0.2) is 0 Å². The zero-order chi connectivity index (χ0) is 11.6. The molecule has 15 heavy (non-hydrogen) atoms. The van der Waals surface area contributed by atoms with Crippen molar-refractivity contribution in [2.45, 2.75) is 20.8 Å². The molecule has 0 aliphatic heterocycles. The van der Waals surface area contributed by atoms with E-state index in [4.69, 9.17) is 0 Å². The van der Waals surface area contributed by atoms with Crippen LogP contribution < -0.4 is 10.6 Å². The van der Waals surface area contributed by atoms with E-state index in [-0.39, 0.29) is 11.8 Å². The molecular formula is C10H14N2O2S. The van der Waals surface area contributed by atoms with Gasteiger partial charge in [-0.1, -0.05) is 0 Å². The number of carbonyl (C=O) groups is 2. The highest BCUT2D eigenvalue weighted by atomic mass is 32.1. The van der Waals surface area contributed by atoms with Crippen LogP contribution in [-0.2, 0) is 4.79 Å². The molecule has 1 heterocycles. The molecule has 1 rings (SSSR count). The fraction of sp³-hybridized carbons (Fsp3) is 0.400. The van der Waals surface area contributed by atoms with Gasteiger partial charge < -0.3 is 10.6 Å². The van der Waals surface area contributed by atoms with E-state index in [1.807, 2.05) is 13.8 Å². The molecule has 2 N–H and O–H groups in total. The van der Waals surface area contributed by atoms with Crippen molar-refractivity contribution in [3.8, 4) is 0 Å². The zero-order valence-corrected chi connectivity index (χ0v) is 10.0. The van der Waals surface area contributed by atoms with E-state index in [1.165, 1.54) is 18.3 Å². The van der Waals surface area contributed by atoms with Gasteiger partial charge in [0.05, 0.1) is 5.56 Å². The largest absolute Gasteiger partial charge is 0.355 e. The van der Waals surface area contributed by atoms with Gasteiger partial charge in [0.25, 0.3) is 5.91 Å². The van der Waals surface area contributed by atoms with Crippen LogP contribution in [0.5, 0.6) is 0 Å². The van der Waals surface area contributed by atoms with Gasteiger partial charge in [-0.05, 0) is 19.4 Å². The molecule has 0 saturated carbocycles. The van der Waals surface area contributed by atoms with Crippen molar-refractivity contribution in [1.82, 2.24) is 5.32 Å². The van der Waals surface area contributed by atoms with Gasteiger partial charge in [0, 0.05) is 18.8 Å². The average Bonchev–Trinajstić information content (AvgIpc) is 2.41. The highest BCUT2D eigenvalue weighted by molar-refractivity contribution is 7.16. The number of anilines is 1. The van der Waals surface area contributed by atoms with Crippen LogP contribution in [-0.4, -0.2) is 18.9 Å². The molecule has 1 aromatic rings. The van der Waals surface area contributed by atoms with E-state index in [0.717, 1.165) is 10.4 Å². The SMILES string of the molecule is CNC(=O)c1c(NC(C)=O)sc(C)c1C. The number of hydrogen-bond acceptors (Lipinski definition) is 3. The fourth-order valence-electron chi connectivity index (χ4n) is 1.27. The molecule has 4 nitrogen and oxygen atoms in total. The third-order valence-corrected chi connectivity index (χ3v) is 3.25. The van der Waals surface area contributed by atoms with Gasteiger partial charge in [-0.25, -0.2) is 0 Å². The summed E-state index contributed by atoms with van der Waals surface area (Å²) < 4.78 is 0. The first-order valence-corrected chi connectivity index (χ1v) is 5.38. The Bertz CT molecular complexity index is 410. The van der Waals surface area contributed by atoms with Crippen LogP contribution in [0, 0.1) is 13.8 Å². The minimum atomic E-state index is -0.166. The second-order valence-electron chi connectivity index (χ2n) is 3.25. The summed E-state index contributed by atoms with van der Waals surface area (Å²) in [4.78, 5) is 23.6. The highest BCUT2D eigenvalue weighted by Crippen LogP contribution is 2.32. The predicted octanol–water partition coefficient (Wildman–Crippen LogP) is 1.68. The van der Waals surface area contributed by atoms with E-state index in [0.29, 0.717) is 10.6 Å². The number of rotatable bonds is 2. The molecule has 0 aromatic carbocycles. The van der Waals surface area contributed by atoms with Gasteiger partial charge in [0.15, 0.2) is 0 Å². The minimum absolute atomic E-state index is 0.165. The van der Waals surface area contributed by atoms with Crippen LogP contribution >= 0.6 is 11.3 Å². The van der Waals surface area contributed by atoms with E-state index in [9.17, 15) is 9.59 Å². The summed E-state index contributed by atoms with van der Waals surface area (Å²) in [5, 5.41) is 5.86. The summed E-state index contributed by atoms with van der Waals surface area (Å²) in [5.41, 5.74) is 1.48. The molecule has 0 saturated heterocycles. The van der Waals surface area contributed by atoms with Gasteiger partial charge in [-0.3, -0.25) is 9.59 Å². The number of amides is 2. The Morgan fingerprint density at radius 3 is 2.33 bits per heavy atom. The summed E-state index contributed by atoms with van der Waals surface area (Å²) in [6, 6.07) is 0. The molecule has 0 bridgehead atoms. The van der Waals surface area contributed by atoms with Crippen molar-refractivity contribution < 1.29 is 9.59 Å². The molecule has 0 fully saturated rings. The summed E-state index contributed by atoms with van der Waals surface area (Å²) in [6.45, 7) is 5.23. The summed E-state index contributed by atoms with van der Waals surface area (Å²) >= 11 is 1.42.